The van der Waals surface area contributed by atoms with Gasteiger partial charge in [0.15, 0.2) is 11.5 Å². The molecule has 4 aromatic rings. The Morgan fingerprint density at radius 2 is 1.90 bits per heavy atom. The first-order valence-corrected chi connectivity index (χ1v) is 16.8. The van der Waals surface area contributed by atoms with Gasteiger partial charge in [0.1, 0.15) is 5.52 Å². The molecule has 2 N–H and O–H groups in total. The van der Waals surface area contributed by atoms with E-state index in [1.54, 1.807) is 28.4 Å². The van der Waals surface area contributed by atoms with Crippen molar-refractivity contribution in [3.8, 4) is 0 Å². The van der Waals surface area contributed by atoms with E-state index in [2.05, 4.69) is 46.4 Å². The van der Waals surface area contributed by atoms with Crippen molar-refractivity contribution in [2.45, 2.75) is 69.9 Å². The van der Waals surface area contributed by atoms with Crippen molar-refractivity contribution < 1.29 is 13.4 Å². The topological polar surface area (TPSA) is 88.7 Å². The van der Waals surface area contributed by atoms with Gasteiger partial charge in [0.25, 0.3) is 5.91 Å². The lowest BCUT2D eigenvalue weighted by molar-refractivity contribution is 0.102. The second kappa shape index (κ2) is 9.96. The molecule has 3 aromatic heterocycles. The van der Waals surface area contributed by atoms with Gasteiger partial charge in [-0.1, -0.05) is 20.8 Å². The van der Waals surface area contributed by atoms with Gasteiger partial charge in [-0.3, -0.25) is 9.48 Å². The number of piperidine rings is 1. The molecule has 1 aliphatic carbocycles. The highest BCUT2D eigenvalue weighted by molar-refractivity contribution is 8.36. The molecule has 0 spiro atoms. The highest BCUT2D eigenvalue weighted by atomic mass is 32.3. The minimum atomic E-state index is -0.864. The van der Waals surface area contributed by atoms with Crippen LogP contribution in [0.25, 0.3) is 16.6 Å². The smallest absolute Gasteiger partial charge is 0.257 e. The van der Waals surface area contributed by atoms with E-state index in [0.29, 0.717) is 40.6 Å². The first kappa shape index (κ1) is 27.7. The number of aryl methyl sites for hydroxylation is 2. The van der Waals surface area contributed by atoms with Crippen molar-refractivity contribution in [1.82, 2.24) is 24.5 Å². The summed E-state index contributed by atoms with van der Waals surface area (Å²) in [6.07, 6.45) is 9.02. The van der Waals surface area contributed by atoms with Crippen molar-refractivity contribution in [2.24, 2.45) is 7.05 Å². The summed E-state index contributed by atoms with van der Waals surface area (Å²) in [4.78, 5) is 19.9. The molecule has 5 heterocycles. The molecule has 3 aliphatic rings. The van der Waals surface area contributed by atoms with Crippen molar-refractivity contribution >= 4 is 44.1 Å². The van der Waals surface area contributed by atoms with Gasteiger partial charge in [0, 0.05) is 84.2 Å². The van der Waals surface area contributed by atoms with Gasteiger partial charge in [-0.05, 0) is 38.3 Å². The summed E-state index contributed by atoms with van der Waals surface area (Å²) in [5.41, 5.74) is 3.49. The largest absolute Gasteiger partial charge is 0.371 e. The number of carbonyl (C=O) groups is 1. The van der Waals surface area contributed by atoms with Crippen molar-refractivity contribution in [1.29, 1.82) is 0 Å². The standard InChI is InChI=1S/C31H40FN7O2S/c1-19-16-39-17-21(14-24(32)29(39)33-19)35-30(40)22-6-7-26(23-18-37(5)36-28(22)23)38-10-8-20(9-11-38)34-25-15-27(25)41-42(12-13-42)31(2,3)4/h6-7,14,16-18,20,25,27,34H,8-13,15H2,1-5H3,(H,35,40)/t25-,27-/m1/s1. The molecule has 11 heteroatoms. The number of hydrogen-bond acceptors (Lipinski definition) is 6. The predicted octanol–water partition coefficient (Wildman–Crippen LogP) is 5.17. The number of nitrogens with one attached hydrogen (secondary N) is 2. The third kappa shape index (κ3) is 5.05. The van der Waals surface area contributed by atoms with E-state index in [1.165, 1.54) is 17.6 Å². The van der Waals surface area contributed by atoms with Gasteiger partial charge in [0.2, 0.25) is 0 Å². The molecular weight excluding hydrogens is 553 g/mol. The van der Waals surface area contributed by atoms with Crippen LogP contribution in [-0.2, 0) is 11.2 Å². The maximum Gasteiger partial charge on any atom is 0.257 e. The Hall–Kier alpha value is -3.15. The summed E-state index contributed by atoms with van der Waals surface area (Å²) in [6, 6.07) is 6.13. The molecule has 2 aliphatic heterocycles. The second-order valence-corrected chi connectivity index (χ2v) is 16.9. The number of benzene rings is 1. The van der Waals surface area contributed by atoms with Gasteiger partial charge in [-0.25, -0.2) is 9.37 Å². The summed E-state index contributed by atoms with van der Waals surface area (Å²) in [7, 11) is 1.00. The third-order valence-electron chi connectivity index (χ3n) is 8.91. The number of fused-ring (bicyclic) bond motifs is 2. The highest BCUT2D eigenvalue weighted by Gasteiger charge is 2.54. The van der Waals surface area contributed by atoms with Gasteiger partial charge < -0.3 is 24.1 Å². The van der Waals surface area contributed by atoms with Crippen molar-refractivity contribution in [3.05, 3.63) is 53.9 Å². The van der Waals surface area contributed by atoms with Gasteiger partial charge in [-0.2, -0.15) is 5.10 Å². The third-order valence-corrected chi connectivity index (χ3v) is 12.9. The van der Waals surface area contributed by atoms with E-state index in [0.717, 1.165) is 43.4 Å². The van der Waals surface area contributed by atoms with Gasteiger partial charge in [-0.15, -0.1) is 10.3 Å². The Bertz CT molecular complexity index is 1680. The molecule has 1 amide bonds. The number of amides is 1. The van der Waals surface area contributed by atoms with Crippen molar-refractivity contribution in [3.63, 3.8) is 0 Å². The van der Waals surface area contributed by atoms with E-state index in [4.69, 9.17) is 4.18 Å². The molecule has 2 atom stereocenters. The molecule has 3 fully saturated rings. The normalized spacial score (nSPS) is 23.0. The predicted molar refractivity (Wildman–Crippen MR) is 167 cm³/mol. The van der Waals surface area contributed by atoms with Crippen LogP contribution in [0.2, 0.25) is 0 Å². The van der Waals surface area contributed by atoms with Crippen LogP contribution in [0.3, 0.4) is 0 Å². The van der Waals surface area contributed by atoms with E-state index >= 15 is 0 Å². The molecule has 2 saturated heterocycles. The molecular formula is C31H40FN7O2S. The molecule has 0 unspecified atom stereocenters. The first-order valence-electron chi connectivity index (χ1n) is 14.9. The van der Waals surface area contributed by atoms with Gasteiger partial charge >= 0.3 is 0 Å². The lowest BCUT2D eigenvalue weighted by Gasteiger charge is -2.36. The lowest BCUT2D eigenvalue weighted by Crippen LogP contribution is -2.44. The zero-order chi connectivity index (χ0) is 29.4. The van der Waals surface area contributed by atoms with E-state index < -0.39 is 16.1 Å². The fraction of sp³-hybridized carbons (Fsp3) is 0.516. The minimum Gasteiger partial charge on any atom is -0.371 e. The number of nitrogens with zero attached hydrogens (tertiary/aromatic N) is 5. The Labute approximate surface area is 247 Å². The molecule has 1 aromatic carbocycles. The van der Waals surface area contributed by atoms with Crippen LogP contribution >= 0.6 is 10.3 Å². The van der Waals surface area contributed by atoms with E-state index in [9.17, 15) is 9.18 Å². The minimum absolute atomic E-state index is 0.236. The number of aromatic nitrogens is 4. The molecule has 0 radical (unpaired) electrons. The fourth-order valence-electron chi connectivity index (χ4n) is 6.32. The average Bonchev–Trinajstić information content (AvgIpc) is 3.79. The molecule has 1 saturated carbocycles. The van der Waals surface area contributed by atoms with Crippen LogP contribution in [0, 0.1) is 12.7 Å². The SMILES string of the molecule is Cc1cn2cc(NC(=O)c3ccc(N4CCC(N[C@@H]5C[C@H]5OS5(C(C)(C)C)CC5)CC4)c4cn(C)nc34)cc(F)c2n1. The van der Waals surface area contributed by atoms with Crippen LogP contribution in [0.15, 0.2) is 36.8 Å². The van der Waals surface area contributed by atoms with Crippen LogP contribution in [0.5, 0.6) is 0 Å². The maximum absolute atomic E-state index is 14.6. The molecule has 7 rings (SSSR count). The Morgan fingerprint density at radius 3 is 2.62 bits per heavy atom. The number of imidazole rings is 1. The Morgan fingerprint density at radius 1 is 1.14 bits per heavy atom. The zero-order valence-corrected chi connectivity index (χ0v) is 25.8. The molecule has 224 valence electrons. The lowest BCUT2D eigenvalue weighted by atomic mass is 10.0. The van der Waals surface area contributed by atoms with Crippen LogP contribution in [0.4, 0.5) is 15.8 Å². The number of hydrogen-bond donors (Lipinski definition) is 2. The van der Waals surface area contributed by atoms with Crippen LogP contribution < -0.4 is 15.5 Å². The van der Waals surface area contributed by atoms with E-state index in [-0.39, 0.29) is 16.3 Å². The summed E-state index contributed by atoms with van der Waals surface area (Å²) in [6.45, 7) is 10.7. The van der Waals surface area contributed by atoms with Gasteiger partial charge in [0.05, 0.1) is 23.0 Å². The summed E-state index contributed by atoms with van der Waals surface area (Å²) >= 11 is 0. The van der Waals surface area contributed by atoms with E-state index in [1.807, 2.05) is 25.4 Å². The summed E-state index contributed by atoms with van der Waals surface area (Å²) in [5, 5.41) is 12.3. The number of carbonyl (C=O) groups excluding carboxylic acids is 1. The van der Waals surface area contributed by atoms with Crippen LogP contribution in [0.1, 0.15) is 56.1 Å². The zero-order valence-electron chi connectivity index (χ0n) is 25.0. The molecule has 9 nitrogen and oxygen atoms in total. The number of pyridine rings is 1. The monoisotopic (exact) mass is 593 g/mol. The highest BCUT2D eigenvalue weighted by Crippen LogP contribution is 2.72. The first-order chi connectivity index (χ1) is 20.0. The Balaban J connectivity index is 1.01. The quantitative estimate of drug-likeness (QED) is 0.288. The number of halogens is 1. The second-order valence-electron chi connectivity index (χ2n) is 13.1. The number of rotatable bonds is 7. The average molecular weight is 594 g/mol. The maximum atomic E-state index is 14.6. The van der Waals surface area contributed by atoms with Crippen molar-refractivity contribution in [2.75, 3.05) is 34.8 Å². The number of anilines is 2. The molecule has 42 heavy (non-hydrogen) atoms. The van der Waals surface area contributed by atoms with Crippen LogP contribution in [-0.4, -0.2) is 72.6 Å². The summed E-state index contributed by atoms with van der Waals surface area (Å²) in [5.74, 6) is 1.72. The Kier molecular flexibility index (Phi) is 6.56. The molecule has 0 bridgehead atoms. The summed E-state index contributed by atoms with van der Waals surface area (Å²) < 4.78 is 24.9. The fourth-order valence-corrected chi connectivity index (χ4v) is 9.32.